The third-order valence-corrected chi connectivity index (χ3v) is 4.86. The summed E-state index contributed by atoms with van der Waals surface area (Å²) in [6.07, 6.45) is 4.52. The molecule has 2 fully saturated rings. The molecule has 2 atom stereocenters. The molecule has 1 amide bonds. The number of nitrogens with one attached hydrogen (secondary N) is 2. The van der Waals surface area contributed by atoms with Gasteiger partial charge in [0.1, 0.15) is 6.10 Å². The molecule has 0 spiro atoms. The average molecular weight is 348 g/mol. The van der Waals surface area contributed by atoms with Gasteiger partial charge in [0.05, 0.1) is 25.9 Å². The maximum atomic E-state index is 12.3. The highest BCUT2D eigenvalue weighted by atomic mass is 16.5. The summed E-state index contributed by atoms with van der Waals surface area (Å²) in [6.45, 7) is 3.86. The van der Waals surface area contributed by atoms with E-state index in [1.807, 2.05) is 25.1 Å². The van der Waals surface area contributed by atoms with E-state index in [2.05, 4.69) is 10.6 Å². The summed E-state index contributed by atoms with van der Waals surface area (Å²) in [6, 6.07) is 5.73. The van der Waals surface area contributed by atoms with Gasteiger partial charge in [-0.1, -0.05) is 6.07 Å². The van der Waals surface area contributed by atoms with Crippen molar-refractivity contribution < 1.29 is 19.0 Å². The fourth-order valence-corrected chi connectivity index (χ4v) is 3.36. The Morgan fingerprint density at radius 3 is 2.80 bits per heavy atom. The van der Waals surface area contributed by atoms with E-state index in [-0.39, 0.29) is 18.1 Å². The summed E-state index contributed by atoms with van der Waals surface area (Å²) in [5.41, 5.74) is 0.979. The predicted octanol–water partition coefficient (Wildman–Crippen LogP) is 2.18. The molecule has 6 heteroatoms. The van der Waals surface area contributed by atoms with Crippen molar-refractivity contribution >= 4 is 5.91 Å². The van der Waals surface area contributed by atoms with Crippen molar-refractivity contribution in [2.24, 2.45) is 0 Å². The van der Waals surface area contributed by atoms with E-state index < -0.39 is 6.10 Å². The van der Waals surface area contributed by atoms with Gasteiger partial charge in [0, 0.05) is 13.1 Å². The Kier molecular flexibility index (Phi) is 6.15. The van der Waals surface area contributed by atoms with Gasteiger partial charge in [-0.3, -0.25) is 4.79 Å². The van der Waals surface area contributed by atoms with Gasteiger partial charge >= 0.3 is 0 Å². The van der Waals surface area contributed by atoms with Gasteiger partial charge < -0.3 is 24.8 Å². The van der Waals surface area contributed by atoms with Crippen LogP contribution >= 0.6 is 0 Å². The van der Waals surface area contributed by atoms with E-state index in [0.29, 0.717) is 18.9 Å². The first-order valence-electron chi connectivity index (χ1n) is 9.14. The van der Waals surface area contributed by atoms with Crippen LogP contribution in [0.25, 0.3) is 0 Å². The number of morpholine rings is 1. The normalized spacial score (nSPS) is 22.4. The Balaban J connectivity index is 1.63. The lowest BCUT2D eigenvalue weighted by molar-refractivity contribution is -0.134. The smallest absolute Gasteiger partial charge is 0.250 e. The van der Waals surface area contributed by atoms with Gasteiger partial charge in [-0.2, -0.15) is 0 Å². The standard InChI is InChI=1S/C19H28N2O4/c1-13(21-19(22)18-12-20-9-10-24-18)14-7-8-16(17(11-14)23-2)25-15-5-3-4-6-15/h7-8,11,13,15,18,20H,3-6,9-10,12H2,1-2H3,(H,21,22). The van der Waals surface area contributed by atoms with Crippen molar-refractivity contribution in [1.82, 2.24) is 10.6 Å². The van der Waals surface area contributed by atoms with Gasteiger partial charge in [0.2, 0.25) is 0 Å². The third kappa shape index (κ3) is 4.64. The summed E-state index contributed by atoms with van der Waals surface area (Å²) >= 11 is 0. The first-order chi connectivity index (χ1) is 12.2. The second kappa shape index (κ2) is 8.54. The number of rotatable bonds is 6. The van der Waals surface area contributed by atoms with Crippen molar-refractivity contribution in [2.45, 2.75) is 50.9 Å². The number of carbonyl (C=O) groups is 1. The molecule has 6 nitrogen and oxygen atoms in total. The summed E-state index contributed by atoms with van der Waals surface area (Å²) < 4.78 is 17.1. The SMILES string of the molecule is COc1cc(C(C)NC(=O)C2CNCCO2)ccc1OC1CCCC1. The summed E-state index contributed by atoms with van der Waals surface area (Å²) in [4.78, 5) is 12.3. The van der Waals surface area contributed by atoms with Gasteiger partial charge in [0.25, 0.3) is 5.91 Å². The predicted molar refractivity (Wildman–Crippen MR) is 95.0 cm³/mol. The molecule has 1 aliphatic carbocycles. The molecular formula is C19H28N2O4. The van der Waals surface area contributed by atoms with E-state index >= 15 is 0 Å². The Morgan fingerprint density at radius 1 is 1.32 bits per heavy atom. The molecule has 138 valence electrons. The van der Waals surface area contributed by atoms with Crippen LogP contribution in [0.1, 0.15) is 44.2 Å². The van der Waals surface area contributed by atoms with Crippen LogP contribution in [-0.4, -0.2) is 44.9 Å². The first-order valence-corrected chi connectivity index (χ1v) is 9.14. The summed E-state index contributed by atoms with van der Waals surface area (Å²) in [5.74, 6) is 1.39. The highest BCUT2D eigenvalue weighted by Crippen LogP contribution is 2.33. The highest BCUT2D eigenvalue weighted by molar-refractivity contribution is 5.81. The van der Waals surface area contributed by atoms with Crippen LogP contribution in [0.15, 0.2) is 18.2 Å². The van der Waals surface area contributed by atoms with E-state index in [0.717, 1.165) is 30.7 Å². The molecule has 1 aliphatic heterocycles. The molecule has 1 saturated heterocycles. The zero-order valence-electron chi connectivity index (χ0n) is 15.0. The molecule has 1 aromatic carbocycles. The minimum Gasteiger partial charge on any atom is -0.493 e. The minimum absolute atomic E-state index is 0.0926. The molecule has 1 heterocycles. The summed E-state index contributed by atoms with van der Waals surface area (Å²) in [5, 5.41) is 6.18. The number of methoxy groups -OCH3 is 1. The van der Waals surface area contributed by atoms with Crippen LogP contribution in [0.4, 0.5) is 0 Å². The highest BCUT2D eigenvalue weighted by Gasteiger charge is 2.24. The molecule has 1 aromatic rings. The summed E-state index contributed by atoms with van der Waals surface area (Å²) in [7, 11) is 1.64. The first kappa shape index (κ1) is 18.0. The molecular weight excluding hydrogens is 320 g/mol. The van der Waals surface area contributed by atoms with Gasteiger partial charge in [-0.25, -0.2) is 0 Å². The number of amides is 1. The van der Waals surface area contributed by atoms with Crippen LogP contribution in [0.2, 0.25) is 0 Å². The lowest BCUT2D eigenvalue weighted by atomic mass is 10.1. The maximum absolute atomic E-state index is 12.3. The largest absolute Gasteiger partial charge is 0.493 e. The number of hydrogen-bond acceptors (Lipinski definition) is 5. The zero-order valence-corrected chi connectivity index (χ0v) is 15.0. The molecule has 0 aromatic heterocycles. The Bertz CT molecular complexity index is 581. The quantitative estimate of drug-likeness (QED) is 0.825. The third-order valence-electron chi connectivity index (χ3n) is 4.86. The van der Waals surface area contributed by atoms with E-state index in [1.165, 1.54) is 12.8 Å². The number of benzene rings is 1. The lowest BCUT2D eigenvalue weighted by Gasteiger charge is -2.25. The van der Waals surface area contributed by atoms with Crippen molar-refractivity contribution in [3.8, 4) is 11.5 Å². The number of carbonyl (C=O) groups excluding carboxylic acids is 1. The van der Waals surface area contributed by atoms with Crippen LogP contribution in [0, 0.1) is 0 Å². The molecule has 2 unspecified atom stereocenters. The molecule has 25 heavy (non-hydrogen) atoms. The molecule has 2 N–H and O–H groups in total. The lowest BCUT2D eigenvalue weighted by Crippen LogP contribution is -2.48. The maximum Gasteiger partial charge on any atom is 0.250 e. The van der Waals surface area contributed by atoms with Gasteiger partial charge in [0.15, 0.2) is 11.5 Å². The van der Waals surface area contributed by atoms with Crippen molar-refractivity contribution in [1.29, 1.82) is 0 Å². The van der Waals surface area contributed by atoms with E-state index in [4.69, 9.17) is 14.2 Å². The Labute approximate surface area is 149 Å². The fourth-order valence-electron chi connectivity index (χ4n) is 3.36. The topological polar surface area (TPSA) is 68.8 Å². The van der Waals surface area contributed by atoms with Crippen LogP contribution in [-0.2, 0) is 9.53 Å². The second-order valence-electron chi connectivity index (χ2n) is 6.73. The van der Waals surface area contributed by atoms with Gasteiger partial charge in [-0.05, 0) is 50.3 Å². The van der Waals surface area contributed by atoms with Crippen LogP contribution in [0.3, 0.4) is 0 Å². The number of hydrogen-bond donors (Lipinski definition) is 2. The van der Waals surface area contributed by atoms with Crippen LogP contribution < -0.4 is 20.1 Å². The average Bonchev–Trinajstić information content (AvgIpc) is 3.15. The monoisotopic (exact) mass is 348 g/mol. The zero-order chi connectivity index (χ0) is 17.6. The van der Waals surface area contributed by atoms with E-state index in [9.17, 15) is 4.79 Å². The van der Waals surface area contributed by atoms with E-state index in [1.54, 1.807) is 7.11 Å². The molecule has 1 saturated carbocycles. The van der Waals surface area contributed by atoms with Crippen LogP contribution in [0.5, 0.6) is 11.5 Å². The minimum atomic E-state index is -0.428. The Morgan fingerprint density at radius 2 is 2.12 bits per heavy atom. The molecule has 0 radical (unpaired) electrons. The molecule has 3 rings (SSSR count). The molecule has 2 aliphatic rings. The second-order valence-corrected chi connectivity index (χ2v) is 6.73. The van der Waals surface area contributed by atoms with Crippen molar-refractivity contribution in [3.05, 3.63) is 23.8 Å². The van der Waals surface area contributed by atoms with Gasteiger partial charge in [-0.15, -0.1) is 0 Å². The van der Waals surface area contributed by atoms with Crippen molar-refractivity contribution in [3.63, 3.8) is 0 Å². The number of ether oxygens (including phenoxy) is 3. The Hall–Kier alpha value is -1.79. The molecule has 0 bridgehead atoms. The van der Waals surface area contributed by atoms with Crippen molar-refractivity contribution in [2.75, 3.05) is 26.8 Å². The fraction of sp³-hybridized carbons (Fsp3) is 0.632.